The second-order valence-electron chi connectivity index (χ2n) is 5.88. The lowest BCUT2D eigenvalue weighted by Crippen LogP contribution is -2.45. The predicted octanol–water partition coefficient (Wildman–Crippen LogP) is 1.98. The molecule has 1 unspecified atom stereocenters. The summed E-state index contributed by atoms with van der Waals surface area (Å²) in [6.45, 7) is 9.95. The minimum absolute atomic E-state index is 0.234. The molecule has 1 atom stereocenters. The summed E-state index contributed by atoms with van der Waals surface area (Å²) in [5.74, 6) is 0.919. The number of aryl methyl sites for hydroxylation is 1. The molecule has 1 aliphatic heterocycles. The molecule has 1 aromatic rings. The number of piperazine rings is 1. The Morgan fingerprint density at radius 2 is 1.95 bits per heavy atom. The fourth-order valence-electron chi connectivity index (χ4n) is 2.45. The Balaban J connectivity index is 1.74. The van der Waals surface area contributed by atoms with Crippen molar-refractivity contribution < 1.29 is 4.74 Å². The topological polar surface area (TPSA) is 41.7 Å². The number of benzene rings is 1. The number of hydrogen-bond acceptors (Lipinski definition) is 4. The molecular formula is C16H27N3O. The van der Waals surface area contributed by atoms with Crippen molar-refractivity contribution in [1.82, 2.24) is 9.80 Å². The van der Waals surface area contributed by atoms with E-state index >= 15 is 0 Å². The van der Waals surface area contributed by atoms with E-state index in [1.807, 2.05) is 25.1 Å². The highest BCUT2D eigenvalue weighted by Crippen LogP contribution is 2.20. The number of ether oxygens (including phenoxy) is 1. The molecule has 1 saturated heterocycles. The highest BCUT2D eigenvalue weighted by molar-refractivity contribution is 5.49. The van der Waals surface area contributed by atoms with Gasteiger partial charge in [-0.1, -0.05) is 0 Å². The van der Waals surface area contributed by atoms with Gasteiger partial charge in [0.2, 0.25) is 0 Å². The van der Waals surface area contributed by atoms with E-state index in [4.69, 9.17) is 10.5 Å². The molecule has 0 aromatic heterocycles. The van der Waals surface area contributed by atoms with Crippen molar-refractivity contribution in [3.63, 3.8) is 0 Å². The van der Waals surface area contributed by atoms with E-state index in [1.54, 1.807) is 0 Å². The molecule has 1 aliphatic rings. The fourth-order valence-corrected chi connectivity index (χ4v) is 2.45. The molecule has 2 rings (SSSR count). The Morgan fingerprint density at radius 1 is 1.25 bits per heavy atom. The number of nitrogens with zero attached hydrogens (tertiary/aromatic N) is 2. The van der Waals surface area contributed by atoms with Crippen LogP contribution in [0.2, 0.25) is 0 Å². The fraction of sp³-hybridized carbons (Fsp3) is 0.625. The molecule has 0 radical (unpaired) electrons. The van der Waals surface area contributed by atoms with Gasteiger partial charge in [0.15, 0.2) is 0 Å². The van der Waals surface area contributed by atoms with E-state index in [0.29, 0.717) is 0 Å². The van der Waals surface area contributed by atoms with Gasteiger partial charge in [-0.25, -0.2) is 0 Å². The first kappa shape index (κ1) is 15.1. The number of nitrogens with two attached hydrogens (primary N) is 1. The Kier molecular flexibility index (Phi) is 5.26. The van der Waals surface area contributed by atoms with E-state index in [-0.39, 0.29) is 6.10 Å². The molecule has 112 valence electrons. The summed E-state index contributed by atoms with van der Waals surface area (Å²) in [7, 11) is 2.19. The molecule has 0 amide bonds. The third kappa shape index (κ3) is 4.39. The zero-order valence-corrected chi connectivity index (χ0v) is 12.9. The van der Waals surface area contributed by atoms with Gasteiger partial charge in [0.05, 0.1) is 6.10 Å². The molecule has 2 N–H and O–H groups in total. The quantitative estimate of drug-likeness (QED) is 0.836. The molecule has 0 spiro atoms. The van der Waals surface area contributed by atoms with Gasteiger partial charge in [-0.2, -0.15) is 0 Å². The lowest BCUT2D eigenvalue weighted by atomic mass is 10.2. The first-order valence-electron chi connectivity index (χ1n) is 7.48. The summed E-state index contributed by atoms with van der Waals surface area (Å²) in [5, 5.41) is 0. The van der Waals surface area contributed by atoms with Crippen molar-refractivity contribution in [2.75, 3.05) is 45.5 Å². The first-order chi connectivity index (χ1) is 9.54. The molecule has 4 heteroatoms. The lowest BCUT2D eigenvalue weighted by Gasteiger charge is -2.32. The van der Waals surface area contributed by atoms with Gasteiger partial charge < -0.3 is 20.3 Å². The SMILES string of the molecule is Cc1cc(OC(C)CCN2CCN(C)CC2)ccc1N. The van der Waals surface area contributed by atoms with Crippen LogP contribution in [0, 0.1) is 6.92 Å². The van der Waals surface area contributed by atoms with Crippen molar-refractivity contribution in [3.05, 3.63) is 23.8 Å². The van der Waals surface area contributed by atoms with Gasteiger partial charge in [-0.05, 0) is 51.1 Å². The molecule has 20 heavy (non-hydrogen) atoms. The second kappa shape index (κ2) is 6.95. The van der Waals surface area contributed by atoms with Gasteiger partial charge in [0, 0.05) is 38.4 Å². The third-order valence-electron chi connectivity index (χ3n) is 4.03. The minimum Gasteiger partial charge on any atom is -0.491 e. The molecular weight excluding hydrogens is 250 g/mol. The summed E-state index contributed by atoms with van der Waals surface area (Å²) in [4.78, 5) is 4.90. The highest BCUT2D eigenvalue weighted by atomic mass is 16.5. The van der Waals surface area contributed by atoms with E-state index in [9.17, 15) is 0 Å². The zero-order valence-electron chi connectivity index (χ0n) is 12.9. The number of hydrogen-bond donors (Lipinski definition) is 1. The van der Waals surface area contributed by atoms with Gasteiger partial charge in [0.25, 0.3) is 0 Å². The molecule has 4 nitrogen and oxygen atoms in total. The normalized spacial score (nSPS) is 18.9. The maximum Gasteiger partial charge on any atom is 0.120 e. The average molecular weight is 277 g/mol. The minimum atomic E-state index is 0.234. The molecule has 1 aromatic carbocycles. The van der Waals surface area contributed by atoms with Crippen LogP contribution in [0.4, 0.5) is 5.69 Å². The maximum atomic E-state index is 5.97. The summed E-state index contributed by atoms with van der Waals surface area (Å²) < 4.78 is 5.97. The van der Waals surface area contributed by atoms with Crippen LogP contribution in [0.3, 0.4) is 0 Å². The number of rotatable bonds is 5. The Hall–Kier alpha value is -1.26. The van der Waals surface area contributed by atoms with Crippen LogP contribution in [0.5, 0.6) is 5.75 Å². The van der Waals surface area contributed by atoms with Gasteiger partial charge >= 0.3 is 0 Å². The van der Waals surface area contributed by atoms with E-state index in [2.05, 4.69) is 23.8 Å². The zero-order chi connectivity index (χ0) is 14.5. The summed E-state index contributed by atoms with van der Waals surface area (Å²) in [6.07, 6.45) is 1.30. The standard InChI is InChI=1S/C16H27N3O/c1-13-12-15(4-5-16(13)17)20-14(2)6-7-19-10-8-18(3)9-11-19/h4-5,12,14H,6-11,17H2,1-3H3. The predicted molar refractivity (Wildman–Crippen MR) is 84.2 cm³/mol. The van der Waals surface area contributed by atoms with Crippen LogP contribution in [0.15, 0.2) is 18.2 Å². The number of likely N-dealkylation sites (N-methyl/N-ethyl adjacent to an activating group) is 1. The smallest absolute Gasteiger partial charge is 0.120 e. The lowest BCUT2D eigenvalue weighted by molar-refractivity contribution is 0.129. The van der Waals surface area contributed by atoms with Gasteiger partial charge in [0.1, 0.15) is 5.75 Å². The van der Waals surface area contributed by atoms with Crippen LogP contribution in [0.1, 0.15) is 18.9 Å². The van der Waals surface area contributed by atoms with Crippen LogP contribution in [-0.2, 0) is 0 Å². The summed E-state index contributed by atoms with van der Waals surface area (Å²) >= 11 is 0. The summed E-state index contributed by atoms with van der Waals surface area (Å²) in [6, 6.07) is 5.88. The van der Waals surface area contributed by atoms with Crippen molar-refractivity contribution in [2.24, 2.45) is 0 Å². The molecule has 1 fully saturated rings. The van der Waals surface area contributed by atoms with Crippen LogP contribution in [-0.4, -0.2) is 55.7 Å². The van der Waals surface area contributed by atoms with Crippen molar-refractivity contribution in [3.8, 4) is 5.75 Å². The van der Waals surface area contributed by atoms with Crippen molar-refractivity contribution in [2.45, 2.75) is 26.4 Å². The van der Waals surface area contributed by atoms with Crippen molar-refractivity contribution >= 4 is 5.69 Å². The van der Waals surface area contributed by atoms with E-state index in [1.165, 1.54) is 26.2 Å². The Morgan fingerprint density at radius 3 is 2.60 bits per heavy atom. The Labute approximate surface area is 122 Å². The summed E-state index contributed by atoms with van der Waals surface area (Å²) in [5.41, 5.74) is 7.72. The van der Waals surface area contributed by atoms with Crippen molar-refractivity contribution in [1.29, 1.82) is 0 Å². The van der Waals surface area contributed by atoms with Gasteiger partial charge in [-0.3, -0.25) is 0 Å². The number of anilines is 1. The molecule has 0 saturated carbocycles. The van der Waals surface area contributed by atoms with E-state index < -0.39 is 0 Å². The Bertz CT molecular complexity index is 428. The third-order valence-corrected chi connectivity index (χ3v) is 4.03. The van der Waals surface area contributed by atoms with Crippen LogP contribution < -0.4 is 10.5 Å². The van der Waals surface area contributed by atoms with Crippen LogP contribution >= 0.6 is 0 Å². The first-order valence-corrected chi connectivity index (χ1v) is 7.48. The molecule has 0 bridgehead atoms. The highest BCUT2D eigenvalue weighted by Gasteiger charge is 2.14. The van der Waals surface area contributed by atoms with Crippen LogP contribution in [0.25, 0.3) is 0 Å². The number of nitrogen functional groups attached to an aromatic ring is 1. The monoisotopic (exact) mass is 277 g/mol. The van der Waals surface area contributed by atoms with Gasteiger partial charge in [-0.15, -0.1) is 0 Å². The molecule has 1 heterocycles. The van der Waals surface area contributed by atoms with E-state index in [0.717, 1.165) is 30.0 Å². The maximum absolute atomic E-state index is 5.97. The molecule has 0 aliphatic carbocycles. The largest absolute Gasteiger partial charge is 0.491 e. The average Bonchev–Trinajstić information content (AvgIpc) is 2.42. The second-order valence-corrected chi connectivity index (χ2v) is 5.88.